The number of esters is 1. The minimum absolute atomic E-state index is 0.0504. The molecule has 0 radical (unpaired) electrons. The summed E-state index contributed by atoms with van der Waals surface area (Å²) >= 11 is 0. The second kappa shape index (κ2) is 9.78. The van der Waals surface area contributed by atoms with Gasteiger partial charge in [-0.1, -0.05) is 31.2 Å². The molecule has 0 N–H and O–H groups in total. The van der Waals surface area contributed by atoms with Crippen molar-refractivity contribution in [1.29, 1.82) is 0 Å². The molecule has 0 aliphatic rings. The molecule has 0 aliphatic heterocycles. The van der Waals surface area contributed by atoms with Crippen LogP contribution in [0.3, 0.4) is 0 Å². The Morgan fingerprint density at radius 2 is 1.90 bits per heavy atom. The average Bonchev–Trinajstić information content (AvgIpc) is 2.75. The molecule has 0 atom stereocenters. The van der Waals surface area contributed by atoms with Gasteiger partial charge in [-0.3, -0.25) is 0 Å². The number of rotatable bonds is 9. The zero-order valence-corrected chi connectivity index (χ0v) is 17.1. The maximum absolute atomic E-state index is 12.2. The number of aryl methyl sites for hydroxylation is 1. The summed E-state index contributed by atoms with van der Waals surface area (Å²) in [5.41, 5.74) is 2.67. The summed E-state index contributed by atoms with van der Waals surface area (Å²) in [6, 6.07) is 12.4. The van der Waals surface area contributed by atoms with Gasteiger partial charge < -0.3 is 18.6 Å². The summed E-state index contributed by atoms with van der Waals surface area (Å²) in [4.78, 5) is 24.0. The van der Waals surface area contributed by atoms with Gasteiger partial charge in [0.25, 0.3) is 0 Å². The SMILES string of the molecule is C=CCc1ccc(OCC(=O)OCc2cc(=O)oc3cc(CC)ccc23)c(OC)c1. The number of benzene rings is 2. The van der Waals surface area contributed by atoms with Crippen molar-refractivity contribution in [3.05, 3.63) is 82.2 Å². The first-order valence-electron chi connectivity index (χ1n) is 9.66. The van der Waals surface area contributed by atoms with Gasteiger partial charge in [-0.05, 0) is 42.2 Å². The van der Waals surface area contributed by atoms with Crippen LogP contribution in [-0.2, 0) is 29.0 Å². The molecule has 0 bridgehead atoms. The first kappa shape index (κ1) is 21.2. The first-order valence-corrected chi connectivity index (χ1v) is 9.66. The monoisotopic (exact) mass is 408 g/mol. The van der Waals surface area contributed by atoms with E-state index < -0.39 is 11.6 Å². The maximum atomic E-state index is 12.2. The number of methoxy groups -OCH3 is 1. The van der Waals surface area contributed by atoms with Gasteiger partial charge >= 0.3 is 11.6 Å². The van der Waals surface area contributed by atoms with Gasteiger partial charge in [0.2, 0.25) is 0 Å². The van der Waals surface area contributed by atoms with E-state index >= 15 is 0 Å². The van der Waals surface area contributed by atoms with Crippen molar-refractivity contribution in [3.8, 4) is 11.5 Å². The molecule has 0 unspecified atom stereocenters. The lowest BCUT2D eigenvalue weighted by atomic mass is 10.1. The Balaban J connectivity index is 1.65. The summed E-state index contributed by atoms with van der Waals surface area (Å²) in [6.07, 6.45) is 3.33. The number of ether oxygens (including phenoxy) is 3. The smallest absolute Gasteiger partial charge is 0.344 e. The minimum Gasteiger partial charge on any atom is -0.493 e. The van der Waals surface area contributed by atoms with E-state index in [9.17, 15) is 9.59 Å². The van der Waals surface area contributed by atoms with E-state index in [1.54, 1.807) is 12.1 Å². The fourth-order valence-electron chi connectivity index (χ4n) is 3.08. The highest BCUT2D eigenvalue weighted by molar-refractivity contribution is 5.81. The van der Waals surface area contributed by atoms with Gasteiger partial charge in [-0.25, -0.2) is 9.59 Å². The van der Waals surface area contributed by atoms with E-state index in [-0.39, 0.29) is 13.2 Å². The van der Waals surface area contributed by atoms with E-state index in [1.165, 1.54) is 13.2 Å². The van der Waals surface area contributed by atoms with Crippen LogP contribution in [0.1, 0.15) is 23.6 Å². The molecule has 2 aromatic carbocycles. The molecule has 0 spiro atoms. The van der Waals surface area contributed by atoms with Crippen LogP contribution in [0.2, 0.25) is 0 Å². The lowest BCUT2D eigenvalue weighted by Gasteiger charge is -2.12. The summed E-state index contributed by atoms with van der Waals surface area (Å²) in [7, 11) is 1.54. The Morgan fingerprint density at radius 3 is 2.63 bits per heavy atom. The normalized spacial score (nSPS) is 10.6. The third kappa shape index (κ3) is 5.08. The molecule has 0 amide bonds. The molecule has 1 aromatic heterocycles. The Hall–Kier alpha value is -3.54. The van der Waals surface area contributed by atoms with E-state index in [4.69, 9.17) is 18.6 Å². The lowest BCUT2D eigenvalue weighted by Crippen LogP contribution is -2.15. The molecular weight excluding hydrogens is 384 g/mol. The first-order chi connectivity index (χ1) is 14.5. The molecule has 0 aliphatic carbocycles. The van der Waals surface area contributed by atoms with Gasteiger partial charge in [0, 0.05) is 17.0 Å². The molecule has 0 saturated heterocycles. The van der Waals surface area contributed by atoms with Crippen molar-refractivity contribution in [3.63, 3.8) is 0 Å². The van der Waals surface area contributed by atoms with E-state index in [0.29, 0.717) is 29.1 Å². The van der Waals surface area contributed by atoms with Crippen LogP contribution >= 0.6 is 0 Å². The maximum Gasteiger partial charge on any atom is 0.344 e. The van der Waals surface area contributed by atoms with Crippen LogP contribution in [0, 0.1) is 0 Å². The van der Waals surface area contributed by atoms with Gasteiger partial charge in [0.1, 0.15) is 12.2 Å². The standard InChI is InChI=1S/C24H24O6/c1-4-6-17-8-10-20(22(12-17)27-3)28-15-24(26)29-14-18-13-23(25)30-21-11-16(5-2)7-9-19(18)21/h4,7-13H,1,5-6,14-15H2,2-3H3. The van der Waals surface area contributed by atoms with Gasteiger partial charge in [0.05, 0.1) is 7.11 Å². The second-order valence-corrected chi connectivity index (χ2v) is 6.70. The molecule has 156 valence electrons. The molecule has 0 saturated carbocycles. The van der Waals surface area contributed by atoms with Crippen LogP contribution in [0.25, 0.3) is 11.0 Å². The van der Waals surface area contributed by atoms with Crippen molar-refractivity contribution >= 4 is 16.9 Å². The van der Waals surface area contributed by atoms with E-state index in [0.717, 1.165) is 22.9 Å². The number of fused-ring (bicyclic) bond motifs is 1. The zero-order chi connectivity index (χ0) is 21.5. The number of hydrogen-bond acceptors (Lipinski definition) is 6. The molecule has 6 heteroatoms. The average molecular weight is 408 g/mol. The van der Waals surface area contributed by atoms with Crippen LogP contribution < -0.4 is 15.1 Å². The molecule has 6 nitrogen and oxygen atoms in total. The summed E-state index contributed by atoms with van der Waals surface area (Å²) in [5.74, 6) is 0.416. The predicted molar refractivity (Wildman–Crippen MR) is 114 cm³/mol. The quantitative estimate of drug-likeness (QED) is 0.300. The fourth-order valence-corrected chi connectivity index (χ4v) is 3.08. The molecular formula is C24H24O6. The Morgan fingerprint density at radius 1 is 1.10 bits per heavy atom. The molecule has 0 fully saturated rings. The lowest BCUT2D eigenvalue weighted by molar-refractivity contribution is -0.147. The summed E-state index contributed by atoms with van der Waals surface area (Å²) in [5, 5.41) is 0.736. The van der Waals surface area contributed by atoms with Crippen molar-refractivity contribution in [2.45, 2.75) is 26.4 Å². The molecule has 30 heavy (non-hydrogen) atoms. The highest BCUT2D eigenvalue weighted by Crippen LogP contribution is 2.28. The van der Waals surface area contributed by atoms with Crippen molar-refractivity contribution in [2.75, 3.05) is 13.7 Å². The molecule has 3 rings (SSSR count). The van der Waals surface area contributed by atoms with E-state index in [2.05, 4.69) is 6.58 Å². The minimum atomic E-state index is -0.557. The van der Waals surface area contributed by atoms with Gasteiger partial charge in [0.15, 0.2) is 18.1 Å². The van der Waals surface area contributed by atoms with Crippen molar-refractivity contribution in [2.24, 2.45) is 0 Å². The predicted octanol–water partition coefficient (Wildman–Crippen LogP) is 4.21. The van der Waals surface area contributed by atoms with Crippen LogP contribution in [0.5, 0.6) is 11.5 Å². The van der Waals surface area contributed by atoms with Crippen molar-refractivity contribution in [1.82, 2.24) is 0 Å². The van der Waals surface area contributed by atoms with E-state index in [1.807, 2.05) is 37.3 Å². The Kier molecular flexibility index (Phi) is 6.91. The number of carbonyl (C=O) groups excluding carboxylic acids is 1. The largest absolute Gasteiger partial charge is 0.493 e. The second-order valence-electron chi connectivity index (χ2n) is 6.70. The summed E-state index contributed by atoms with van der Waals surface area (Å²) < 4.78 is 21.4. The van der Waals surface area contributed by atoms with Crippen LogP contribution in [0.4, 0.5) is 0 Å². The van der Waals surface area contributed by atoms with Crippen LogP contribution in [-0.4, -0.2) is 19.7 Å². The molecule has 3 aromatic rings. The van der Waals surface area contributed by atoms with Gasteiger partial charge in [-0.2, -0.15) is 0 Å². The number of carbonyl (C=O) groups is 1. The Labute approximate surface area is 174 Å². The zero-order valence-electron chi connectivity index (χ0n) is 17.1. The third-order valence-corrected chi connectivity index (χ3v) is 4.65. The highest BCUT2D eigenvalue weighted by atomic mass is 16.6. The topological polar surface area (TPSA) is 75.0 Å². The highest BCUT2D eigenvalue weighted by Gasteiger charge is 2.12. The van der Waals surface area contributed by atoms with Crippen molar-refractivity contribution < 1.29 is 23.4 Å². The summed E-state index contributed by atoms with van der Waals surface area (Å²) in [6.45, 7) is 5.40. The fraction of sp³-hybridized carbons (Fsp3) is 0.250. The molecule has 1 heterocycles. The van der Waals surface area contributed by atoms with Crippen LogP contribution in [0.15, 0.2) is 64.3 Å². The Bertz CT molecular complexity index is 1110. The number of allylic oxidation sites excluding steroid dienone is 1. The number of hydrogen-bond donors (Lipinski definition) is 0. The van der Waals surface area contributed by atoms with Gasteiger partial charge in [-0.15, -0.1) is 6.58 Å². The third-order valence-electron chi connectivity index (χ3n) is 4.65.